The molecule has 5 nitrogen and oxygen atoms in total. The minimum absolute atomic E-state index is 0.236. The van der Waals surface area contributed by atoms with Crippen LogP contribution < -0.4 is 5.43 Å². The molecule has 0 radical (unpaired) electrons. The number of aryl methyl sites for hydroxylation is 1. The van der Waals surface area contributed by atoms with Gasteiger partial charge in [0, 0.05) is 16.1 Å². The lowest BCUT2D eigenvalue weighted by Gasteiger charge is -2.10. The van der Waals surface area contributed by atoms with E-state index in [1.54, 1.807) is 11.3 Å². The Morgan fingerprint density at radius 2 is 2.30 bits per heavy atom. The van der Waals surface area contributed by atoms with Gasteiger partial charge in [0.05, 0.1) is 5.71 Å². The first-order valence-corrected chi connectivity index (χ1v) is 7.58. The van der Waals surface area contributed by atoms with Gasteiger partial charge in [0.1, 0.15) is 0 Å². The van der Waals surface area contributed by atoms with E-state index in [-0.39, 0.29) is 5.91 Å². The molecule has 20 heavy (non-hydrogen) atoms. The Labute approximate surface area is 121 Å². The average Bonchev–Trinajstić information content (AvgIpc) is 3.13. The van der Waals surface area contributed by atoms with Crippen molar-refractivity contribution in [2.45, 2.75) is 32.6 Å². The Kier molecular flexibility index (Phi) is 3.64. The minimum atomic E-state index is -0.236. The van der Waals surface area contributed by atoms with Crippen LogP contribution in [0.15, 0.2) is 22.6 Å². The molecule has 0 spiro atoms. The number of carbonyl (C=O) groups is 1. The normalized spacial score (nSPS) is 14.9. The molecule has 0 fully saturated rings. The van der Waals surface area contributed by atoms with E-state index in [2.05, 4.69) is 20.7 Å². The van der Waals surface area contributed by atoms with Gasteiger partial charge in [-0.1, -0.05) is 6.07 Å². The first-order valence-electron chi connectivity index (χ1n) is 6.70. The van der Waals surface area contributed by atoms with E-state index in [0.29, 0.717) is 5.69 Å². The zero-order valence-electron chi connectivity index (χ0n) is 11.3. The van der Waals surface area contributed by atoms with Gasteiger partial charge in [0.25, 0.3) is 5.91 Å². The molecule has 0 saturated carbocycles. The van der Waals surface area contributed by atoms with Crippen LogP contribution in [0.2, 0.25) is 0 Å². The van der Waals surface area contributed by atoms with Crippen LogP contribution >= 0.6 is 11.3 Å². The second-order valence-electron chi connectivity index (χ2n) is 4.85. The van der Waals surface area contributed by atoms with Crippen molar-refractivity contribution in [1.82, 2.24) is 15.6 Å². The number of nitrogens with zero attached hydrogens (tertiary/aromatic N) is 2. The number of amides is 1. The quantitative estimate of drug-likeness (QED) is 0.673. The largest absolute Gasteiger partial charge is 0.292 e. The lowest BCUT2D eigenvalue weighted by Crippen LogP contribution is -2.21. The van der Waals surface area contributed by atoms with Gasteiger partial charge in [0.15, 0.2) is 5.69 Å². The average molecular weight is 288 g/mol. The molecule has 2 heterocycles. The van der Waals surface area contributed by atoms with Gasteiger partial charge in [0.2, 0.25) is 0 Å². The summed E-state index contributed by atoms with van der Waals surface area (Å²) in [5.41, 5.74) is 6.04. The second kappa shape index (κ2) is 5.58. The molecule has 0 aromatic carbocycles. The number of H-pyrrole nitrogens is 1. The summed E-state index contributed by atoms with van der Waals surface area (Å²) in [4.78, 5) is 13.2. The van der Waals surface area contributed by atoms with Gasteiger partial charge < -0.3 is 0 Å². The molecule has 2 N–H and O–H groups in total. The number of hydrazone groups is 1. The van der Waals surface area contributed by atoms with Crippen LogP contribution in [0.3, 0.4) is 0 Å². The van der Waals surface area contributed by atoms with Crippen LogP contribution in [0.5, 0.6) is 0 Å². The number of rotatable bonds is 3. The van der Waals surface area contributed by atoms with E-state index in [4.69, 9.17) is 0 Å². The Hall–Kier alpha value is -1.95. The summed E-state index contributed by atoms with van der Waals surface area (Å²) in [5, 5.41) is 13.2. The number of aromatic amines is 1. The van der Waals surface area contributed by atoms with Crippen LogP contribution in [0.1, 0.15) is 46.4 Å². The molecule has 1 amide bonds. The predicted octanol–water partition coefficient (Wildman–Crippen LogP) is 2.50. The lowest BCUT2D eigenvalue weighted by molar-refractivity contribution is 0.0949. The molecule has 0 atom stereocenters. The van der Waals surface area contributed by atoms with Crippen LogP contribution in [0, 0.1) is 0 Å². The highest BCUT2D eigenvalue weighted by Gasteiger charge is 2.21. The third-order valence-corrected chi connectivity index (χ3v) is 4.45. The van der Waals surface area contributed by atoms with Crippen LogP contribution in [0.25, 0.3) is 0 Å². The smallest absolute Gasteiger partial charge is 0.281 e. The van der Waals surface area contributed by atoms with E-state index in [0.717, 1.165) is 47.5 Å². The fourth-order valence-corrected chi connectivity index (χ4v) is 3.07. The monoisotopic (exact) mass is 288 g/mol. The Morgan fingerprint density at radius 1 is 1.45 bits per heavy atom. The van der Waals surface area contributed by atoms with Gasteiger partial charge in [-0.15, -0.1) is 11.3 Å². The molecule has 6 heteroatoms. The molecule has 2 aromatic rings. The predicted molar refractivity (Wildman–Crippen MR) is 79.2 cm³/mol. The van der Waals surface area contributed by atoms with Gasteiger partial charge >= 0.3 is 0 Å². The van der Waals surface area contributed by atoms with E-state index in [1.807, 2.05) is 24.4 Å². The number of carbonyl (C=O) groups excluding carboxylic acids is 1. The molecule has 104 valence electrons. The van der Waals surface area contributed by atoms with E-state index < -0.39 is 0 Å². The highest BCUT2D eigenvalue weighted by atomic mass is 32.1. The summed E-state index contributed by atoms with van der Waals surface area (Å²) in [7, 11) is 0. The highest BCUT2D eigenvalue weighted by molar-refractivity contribution is 7.12. The number of fused-ring (bicyclic) bond motifs is 1. The summed E-state index contributed by atoms with van der Waals surface area (Å²) in [6.45, 7) is 1.88. The minimum Gasteiger partial charge on any atom is -0.281 e. The molecule has 0 unspecified atom stereocenters. The third-order valence-electron chi connectivity index (χ3n) is 3.47. The first kappa shape index (κ1) is 13.1. The maximum absolute atomic E-state index is 12.2. The van der Waals surface area contributed by atoms with Gasteiger partial charge in [-0.2, -0.15) is 10.2 Å². The third kappa shape index (κ3) is 2.51. The fourth-order valence-electron chi connectivity index (χ4n) is 2.40. The van der Waals surface area contributed by atoms with Crippen molar-refractivity contribution in [2.75, 3.05) is 0 Å². The summed E-state index contributed by atoms with van der Waals surface area (Å²) in [6.07, 6.45) is 4.17. The standard InChI is InChI=1S/C14H16N4OS/c1-9(12-7-4-8-20-12)15-18-14(19)13-10-5-2-3-6-11(10)16-17-13/h4,7-8H,2-3,5-6H2,1H3,(H,16,17)(H,18,19)/b15-9+. The Morgan fingerprint density at radius 3 is 3.10 bits per heavy atom. The number of aromatic nitrogens is 2. The maximum atomic E-state index is 12.2. The number of hydrogen-bond acceptors (Lipinski definition) is 4. The summed E-state index contributed by atoms with van der Waals surface area (Å²) < 4.78 is 0. The molecule has 3 rings (SSSR count). The topological polar surface area (TPSA) is 70.1 Å². The molecule has 0 saturated heterocycles. The summed E-state index contributed by atoms with van der Waals surface area (Å²) in [5.74, 6) is -0.236. The number of thiophene rings is 1. The maximum Gasteiger partial charge on any atom is 0.292 e. The van der Waals surface area contributed by atoms with Gasteiger partial charge in [-0.05, 0) is 44.1 Å². The fraction of sp³-hybridized carbons (Fsp3) is 0.357. The summed E-state index contributed by atoms with van der Waals surface area (Å²) >= 11 is 1.60. The molecule has 2 aromatic heterocycles. The highest BCUT2D eigenvalue weighted by Crippen LogP contribution is 2.22. The van der Waals surface area contributed by atoms with Gasteiger partial charge in [-0.25, -0.2) is 5.43 Å². The van der Waals surface area contributed by atoms with Crippen LogP contribution in [-0.4, -0.2) is 21.8 Å². The number of nitrogens with one attached hydrogen (secondary N) is 2. The van der Waals surface area contributed by atoms with E-state index >= 15 is 0 Å². The zero-order chi connectivity index (χ0) is 13.9. The lowest BCUT2D eigenvalue weighted by atomic mass is 9.96. The van der Waals surface area contributed by atoms with E-state index in [9.17, 15) is 4.79 Å². The van der Waals surface area contributed by atoms with Crippen molar-refractivity contribution < 1.29 is 4.79 Å². The second-order valence-corrected chi connectivity index (χ2v) is 5.80. The van der Waals surface area contributed by atoms with Crippen molar-refractivity contribution in [3.8, 4) is 0 Å². The Balaban J connectivity index is 1.74. The van der Waals surface area contributed by atoms with Crippen LogP contribution in [0.4, 0.5) is 0 Å². The molecular formula is C14H16N4OS. The van der Waals surface area contributed by atoms with Crippen LogP contribution in [-0.2, 0) is 12.8 Å². The molecule has 0 aliphatic heterocycles. The van der Waals surface area contributed by atoms with E-state index in [1.165, 1.54) is 0 Å². The molecule has 1 aliphatic rings. The van der Waals surface area contributed by atoms with Crippen molar-refractivity contribution >= 4 is 23.0 Å². The summed E-state index contributed by atoms with van der Waals surface area (Å²) in [6, 6.07) is 3.94. The zero-order valence-corrected chi connectivity index (χ0v) is 12.1. The SMILES string of the molecule is C/C(=N\NC(=O)c1n[nH]c2c1CCCC2)c1cccs1. The Bertz CT molecular complexity index is 642. The van der Waals surface area contributed by atoms with Crippen molar-refractivity contribution in [3.63, 3.8) is 0 Å². The van der Waals surface area contributed by atoms with Crippen molar-refractivity contribution in [1.29, 1.82) is 0 Å². The number of hydrogen-bond donors (Lipinski definition) is 2. The van der Waals surface area contributed by atoms with Crippen molar-refractivity contribution in [3.05, 3.63) is 39.3 Å². The van der Waals surface area contributed by atoms with Gasteiger partial charge in [-0.3, -0.25) is 9.89 Å². The molecule has 0 bridgehead atoms. The van der Waals surface area contributed by atoms with Crippen molar-refractivity contribution in [2.24, 2.45) is 5.10 Å². The molecule has 1 aliphatic carbocycles. The first-order chi connectivity index (χ1) is 9.75. The molecular weight excluding hydrogens is 272 g/mol.